The van der Waals surface area contributed by atoms with Gasteiger partial charge in [0.05, 0.1) is 27.0 Å². The number of hydrazone groups is 1. The Morgan fingerprint density at radius 1 is 1.33 bits per heavy atom. The molecule has 0 aliphatic carbocycles. The van der Waals surface area contributed by atoms with E-state index in [1.165, 1.54) is 6.20 Å². The van der Waals surface area contributed by atoms with E-state index in [-0.39, 0.29) is 5.91 Å². The third kappa shape index (κ3) is 4.82. The summed E-state index contributed by atoms with van der Waals surface area (Å²) in [6.07, 6.45) is 2.11. The second kappa shape index (κ2) is 8.77. The third-order valence-electron chi connectivity index (χ3n) is 3.88. The lowest BCUT2D eigenvalue weighted by atomic mass is 10.2. The van der Waals surface area contributed by atoms with Gasteiger partial charge in [-0.2, -0.15) is 17.7 Å². The van der Waals surface area contributed by atoms with Gasteiger partial charge in [-0.25, -0.2) is 9.97 Å². The molecule has 0 bridgehead atoms. The number of rotatable bonds is 5. The van der Waals surface area contributed by atoms with Crippen molar-refractivity contribution >= 4 is 59.2 Å². The Balaban J connectivity index is 1.68. The molecule has 1 amide bonds. The normalized spacial score (nSPS) is 13.5. The van der Waals surface area contributed by atoms with Crippen LogP contribution in [0.25, 0.3) is 0 Å². The number of amidine groups is 1. The number of aryl methyl sites for hydroxylation is 1. The molecular formula is C17H18Cl2N6OS. The number of hydrogen-bond donors (Lipinski definition) is 3. The van der Waals surface area contributed by atoms with Crippen molar-refractivity contribution in [3.8, 4) is 0 Å². The van der Waals surface area contributed by atoms with Gasteiger partial charge in [0.2, 0.25) is 5.95 Å². The maximum absolute atomic E-state index is 12.5. The first-order valence-corrected chi connectivity index (χ1v) is 9.66. The molecule has 0 radical (unpaired) electrons. The number of benzene rings is 1. The van der Waals surface area contributed by atoms with Gasteiger partial charge in [-0.05, 0) is 25.1 Å². The minimum atomic E-state index is -0.289. The quantitative estimate of drug-likeness (QED) is 0.640. The van der Waals surface area contributed by atoms with Gasteiger partial charge in [0.15, 0.2) is 0 Å². The number of carbonyl (C=O) groups is 1. The van der Waals surface area contributed by atoms with E-state index in [1.807, 2.05) is 6.07 Å². The Morgan fingerprint density at radius 2 is 2.15 bits per heavy atom. The molecule has 1 aliphatic heterocycles. The Labute approximate surface area is 172 Å². The van der Waals surface area contributed by atoms with Crippen molar-refractivity contribution in [2.45, 2.75) is 13.3 Å². The van der Waals surface area contributed by atoms with E-state index in [1.54, 1.807) is 24.1 Å². The zero-order valence-electron chi connectivity index (χ0n) is 14.5. The van der Waals surface area contributed by atoms with Crippen LogP contribution in [0.5, 0.6) is 0 Å². The van der Waals surface area contributed by atoms with Gasteiger partial charge in [0, 0.05) is 31.5 Å². The van der Waals surface area contributed by atoms with Crippen LogP contribution in [0.15, 0.2) is 29.5 Å². The highest BCUT2D eigenvalue weighted by molar-refractivity contribution is 7.80. The molecule has 0 saturated carbocycles. The summed E-state index contributed by atoms with van der Waals surface area (Å²) >= 11 is 16.1. The molecule has 0 atom stereocenters. The molecule has 1 aromatic carbocycles. The maximum atomic E-state index is 12.5. The van der Waals surface area contributed by atoms with Crippen LogP contribution in [-0.2, 0) is 0 Å². The lowest BCUT2D eigenvalue weighted by Crippen LogP contribution is -2.30. The van der Waals surface area contributed by atoms with Gasteiger partial charge in [0.25, 0.3) is 5.91 Å². The molecule has 1 aliphatic rings. The fourth-order valence-electron chi connectivity index (χ4n) is 2.52. The summed E-state index contributed by atoms with van der Waals surface area (Å²) in [5, 5.41) is 13.0. The molecule has 10 heteroatoms. The van der Waals surface area contributed by atoms with Crippen molar-refractivity contribution in [1.82, 2.24) is 15.3 Å². The average Bonchev–Trinajstić information content (AvgIpc) is 3.10. The number of halogens is 2. The minimum absolute atomic E-state index is 0.289. The smallest absolute Gasteiger partial charge is 0.260 e. The van der Waals surface area contributed by atoms with Gasteiger partial charge in [0.1, 0.15) is 5.84 Å². The van der Waals surface area contributed by atoms with Gasteiger partial charge in [-0.3, -0.25) is 9.80 Å². The molecule has 3 rings (SSSR count). The number of anilines is 2. The summed E-state index contributed by atoms with van der Waals surface area (Å²) < 4.78 is 0. The zero-order chi connectivity index (χ0) is 19.4. The van der Waals surface area contributed by atoms with E-state index in [2.05, 4.69) is 38.3 Å². The van der Waals surface area contributed by atoms with Gasteiger partial charge in [-0.15, -0.1) is 0 Å². The monoisotopic (exact) mass is 424 g/mol. The van der Waals surface area contributed by atoms with E-state index in [0.29, 0.717) is 58.3 Å². The molecule has 0 spiro atoms. The van der Waals surface area contributed by atoms with Crippen LogP contribution in [0.1, 0.15) is 22.5 Å². The van der Waals surface area contributed by atoms with Crippen molar-refractivity contribution in [2.75, 3.05) is 29.2 Å². The number of amides is 1. The van der Waals surface area contributed by atoms with Crippen molar-refractivity contribution in [2.24, 2.45) is 5.10 Å². The predicted molar refractivity (Wildman–Crippen MR) is 112 cm³/mol. The Bertz CT molecular complexity index is 892. The zero-order valence-corrected chi connectivity index (χ0v) is 16.9. The standard InChI is InChI=1S/C17H18Cl2N6OS/c1-10-12(9-21-17(22-10)20-5-7-27)16(26)23-15-4-6-25(24-15)11-2-3-13(18)14(19)8-11/h2-3,8-9,27H,4-7H2,1H3,(H,20,21,22)(H,23,24,26). The summed E-state index contributed by atoms with van der Waals surface area (Å²) in [6.45, 7) is 3.05. The molecule has 7 nitrogen and oxygen atoms in total. The number of hydrogen-bond acceptors (Lipinski definition) is 7. The van der Waals surface area contributed by atoms with E-state index in [0.717, 1.165) is 5.69 Å². The molecule has 0 saturated heterocycles. The van der Waals surface area contributed by atoms with Crippen LogP contribution in [0.2, 0.25) is 10.0 Å². The number of nitrogens with one attached hydrogen (secondary N) is 2. The molecule has 2 heterocycles. The van der Waals surface area contributed by atoms with Crippen LogP contribution in [-0.4, -0.2) is 40.6 Å². The summed E-state index contributed by atoms with van der Waals surface area (Å²) in [5.41, 5.74) is 1.80. The Morgan fingerprint density at radius 3 is 2.85 bits per heavy atom. The Kier molecular flexibility index (Phi) is 6.41. The first-order chi connectivity index (χ1) is 13.0. The Hall–Kier alpha value is -2.03. The highest BCUT2D eigenvalue weighted by Gasteiger charge is 2.20. The van der Waals surface area contributed by atoms with Crippen molar-refractivity contribution < 1.29 is 4.79 Å². The van der Waals surface area contributed by atoms with Gasteiger partial charge >= 0.3 is 0 Å². The third-order valence-corrected chi connectivity index (χ3v) is 4.84. The lowest BCUT2D eigenvalue weighted by Gasteiger charge is -2.13. The highest BCUT2D eigenvalue weighted by atomic mass is 35.5. The molecular weight excluding hydrogens is 407 g/mol. The largest absolute Gasteiger partial charge is 0.353 e. The molecule has 0 fully saturated rings. The predicted octanol–water partition coefficient (Wildman–Crippen LogP) is 3.39. The molecule has 2 aromatic rings. The molecule has 142 valence electrons. The van der Waals surface area contributed by atoms with Crippen LogP contribution >= 0.6 is 35.8 Å². The number of carbonyl (C=O) groups excluding carboxylic acids is 1. The van der Waals surface area contributed by atoms with E-state index in [4.69, 9.17) is 23.2 Å². The number of nitrogens with zero attached hydrogens (tertiary/aromatic N) is 4. The SMILES string of the molecule is Cc1nc(NCCS)ncc1C(=O)NC1=NN(c2ccc(Cl)c(Cl)c2)CC1. The van der Waals surface area contributed by atoms with Crippen molar-refractivity contribution in [3.63, 3.8) is 0 Å². The second-order valence-electron chi connectivity index (χ2n) is 5.82. The van der Waals surface area contributed by atoms with E-state index in [9.17, 15) is 4.79 Å². The minimum Gasteiger partial charge on any atom is -0.353 e. The van der Waals surface area contributed by atoms with Crippen LogP contribution in [0.4, 0.5) is 11.6 Å². The lowest BCUT2D eigenvalue weighted by molar-refractivity contribution is 0.0975. The fraction of sp³-hybridized carbons (Fsp3) is 0.294. The van der Waals surface area contributed by atoms with Crippen molar-refractivity contribution in [1.29, 1.82) is 0 Å². The number of aromatic nitrogens is 2. The first kappa shape index (κ1) is 19.7. The molecule has 2 N–H and O–H groups in total. The van der Waals surface area contributed by atoms with Gasteiger partial charge in [-0.1, -0.05) is 23.2 Å². The van der Waals surface area contributed by atoms with E-state index >= 15 is 0 Å². The average molecular weight is 425 g/mol. The topological polar surface area (TPSA) is 82.5 Å². The maximum Gasteiger partial charge on any atom is 0.260 e. The number of thiol groups is 1. The summed E-state index contributed by atoms with van der Waals surface area (Å²) in [6, 6.07) is 5.29. The first-order valence-electron chi connectivity index (χ1n) is 8.27. The second-order valence-corrected chi connectivity index (χ2v) is 7.08. The van der Waals surface area contributed by atoms with Gasteiger partial charge < -0.3 is 10.6 Å². The van der Waals surface area contributed by atoms with Crippen LogP contribution < -0.4 is 15.6 Å². The molecule has 1 aromatic heterocycles. The van der Waals surface area contributed by atoms with E-state index < -0.39 is 0 Å². The van der Waals surface area contributed by atoms with Crippen LogP contribution in [0.3, 0.4) is 0 Å². The summed E-state index contributed by atoms with van der Waals surface area (Å²) in [4.78, 5) is 21.0. The summed E-state index contributed by atoms with van der Waals surface area (Å²) in [7, 11) is 0. The highest BCUT2D eigenvalue weighted by Crippen LogP contribution is 2.28. The molecule has 27 heavy (non-hydrogen) atoms. The summed E-state index contributed by atoms with van der Waals surface area (Å²) in [5.74, 6) is 1.42. The fourth-order valence-corrected chi connectivity index (χ4v) is 2.92. The molecule has 0 unspecified atom stereocenters. The van der Waals surface area contributed by atoms with Crippen LogP contribution in [0, 0.1) is 6.92 Å². The van der Waals surface area contributed by atoms with Crippen molar-refractivity contribution in [3.05, 3.63) is 45.7 Å².